The number of allylic oxidation sites excluding steroid dienone is 2. The normalized spacial score (nSPS) is 10.9. The van der Waals surface area contributed by atoms with Crippen LogP contribution in [0, 0.1) is 6.42 Å². The second-order valence-electron chi connectivity index (χ2n) is 1.94. The fourth-order valence-electron chi connectivity index (χ4n) is 0.538. The van der Waals surface area contributed by atoms with Gasteiger partial charge in [-0.2, -0.15) is 0 Å². The minimum Gasteiger partial charge on any atom is -0.396 e. The maximum absolute atomic E-state index is 8.38. The molecule has 1 heteroatoms. The highest BCUT2D eigenvalue weighted by Crippen LogP contribution is 1.92. The van der Waals surface area contributed by atoms with Gasteiger partial charge in [0.1, 0.15) is 0 Å². The molecule has 0 saturated carbocycles. The molecular weight excluding hydrogens is 112 g/mol. The molecule has 0 aromatic carbocycles. The molecule has 0 saturated heterocycles. The lowest BCUT2D eigenvalue weighted by atomic mass is 10.2. The first kappa shape index (κ1) is 8.70. The van der Waals surface area contributed by atoms with Gasteiger partial charge in [0.05, 0.1) is 0 Å². The van der Waals surface area contributed by atoms with Gasteiger partial charge in [-0.25, -0.2) is 0 Å². The van der Waals surface area contributed by atoms with Crippen LogP contribution in [0.1, 0.15) is 26.2 Å². The molecule has 0 aliphatic heterocycles. The van der Waals surface area contributed by atoms with Crippen molar-refractivity contribution in [2.24, 2.45) is 0 Å². The predicted octanol–water partition coefficient (Wildman–Crippen LogP) is 1.93. The summed E-state index contributed by atoms with van der Waals surface area (Å²) in [5.74, 6) is 0. The fourth-order valence-corrected chi connectivity index (χ4v) is 0.538. The third-order valence-corrected chi connectivity index (χ3v) is 1.04. The highest BCUT2D eigenvalue weighted by Gasteiger charge is 1.77. The van der Waals surface area contributed by atoms with E-state index in [1.165, 1.54) is 0 Å². The smallest absolute Gasteiger partial charge is 0.0433 e. The number of hydrogen-bond donors (Lipinski definition) is 1. The van der Waals surface area contributed by atoms with Crippen molar-refractivity contribution in [3.8, 4) is 0 Å². The summed E-state index contributed by atoms with van der Waals surface area (Å²) in [5.41, 5.74) is 0. The van der Waals surface area contributed by atoms with Crippen LogP contribution in [0.4, 0.5) is 0 Å². The summed E-state index contributed by atoms with van der Waals surface area (Å²) >= 11 is 0. The zero-order chi connectivity index (χ0) is 6.95. The Kier molecular flexibility index (Phi) is 7.44. The first-order chi connectivity index (χ1) is 4.41. The van der Waals surface area contributed by atoms with E-state index in [9.17, 15) is 0 Å². The summed E-state index contributed by atoms with van der Waals surface area (Å²) in [6.45, 7) is 2.41. The number of aliphatic hydroxyl groups excluding tert-OH is 1. The van der Waals surface area contributed by atoms with Crippen LogP contribution < -0.4 is 0 Å². The van der Waals surface area contributed by atoms with Crippen molar-refractivity contribution in [2.45, 2.75) is 26.2 Å². The summed E-state index contributed by atoms with van der Waals surface area (Å²) in [6, 6.07) is 0. The molecule has 0 aliphatic rings. The van der Waals surface area contributed by atoms with Gasteiger partial charge in [0, 0.05) is 6.61 Å². The average Bonchev–Trinajstić information content (AvgIpc) is 1.89. The SMILES string of the molecule is CC[CH]C=CCCCO. The Morgan fingerprint density at radius 3 is 2.78 bits per heavy atom. The van der Waals surface area contributed by atoms with Crippen LogP contribution in [0.5, 0.6) is 0 Å². The molecule has 1 radical (unpaired) electrons. The molecule has 0 aromatic heterocycles. The Hall–Kier alpha value is -0.300. The van der Waals surface area contributed by atoms with Crippen molar-refractivity contribution in [1.82, 2.24) is 0 Å². The molecule has 0 bridgehead atoms. The van der Waals surface area contributed by atoms with Crippen LogP contribution in [-0.4, -0.2) is 11.7 Å². The fraction of sp³-hybridized carbons (Fsp3) is 0.625. The van der Waals surface area contributed by atoms with E-state index < -0.39 is 0 Å². The Balaban J connectivity index is 2.86. The van der Waals surface area contributed by atoms with E-state index in [4.69, 9.17) is 5.11 Å². The van der Waals surface area contributed by atoms with Gasteiger partial charge in [0.2, 0.25) is 0 Å². The Morgan fingerprint density at radius 2 is 2.22 bits per heavy atom. The van der Waals surface area contributed by atoms with E-state index in [0.29, 0.717) is 6.61 Å². The standard InChI is InChI=1S/C8H15O/c1-2-3-4-5-6-7-8-9/h3-5,9H,2,6-8H2,1H3. The highest BCUT2D eigenvalue weighted by molar-refractivity contribution is 4.93. The van der Waals surface area contributed by atoms with Gasteiger partial charge >= 0.3 is 0 Å². The van der Waals surface area contributed by atoms with Crippen molar-refractivity contribution in [3.63, 3.8) is 0 Å². The zero-order valence-corrected chi connectivity index (χ0v) is 6.01. The molecular formula is C8H15O. The quantitative estimate of drug-likeness (QED) is 0.559. The number of aliphatic hydroxyl groups is 1. The molecule has 0 rings (SSSR count). The Labute approximate surface area is 57.4 Å². The summed E-state index contributed by atoms with van der Waals surface area (Å²) < 4.78 is 0. The van der Waals surface area contributed by atoms with E-state index in [-0.39, 0.29) is 0 Å². The van der Waals surface area contributed by atoms with Crippen molar-refractivity contribution in [1.29, 1.82) is 0 Å². The first-order valence-corrected chi connectivity index (χ1v) is 3.51. The molecule has 0 aliphatic carbocycles. The predicted molar refractivity (Wildman–Crippen MR) is 40.1 cm³/mol. The third kappa shape index (κ3) is 7.70. The van der Waals surface area contributed by atoms with Gasteiger partial charge in [-0.3, -0.25) is 0 Å². The van der Waals surface area contributed by atoms with Crippen LogP contribution in [0.15, 0.2) is 12.2 Å². The lowest BCUT2D eigenvalue weighted by Gasteiger charge is -1.86. The van der Waals surface area contributed by atoms with Gasteiger partial charge in [-0.1, -0.05) is 19.1 Å². The topological polar surface area (TPSA) is 20.2 Å². The lowest BCUT2D eigenvalue weighted by molar-refractivity contribution is 0.289. The Morgan fingerprint density at radius 1 is 1.44 bits per heavy atom. The van der Waals surface area contributed by atoms with Crippen molar-refractivity contribution in [2.75, 3.05) is 6.61 Å². The van der Waals surface area contributed by atoms with Crippen molar-refractivity contribution >= 4 is 0 Å². The second-order valence-corrected chi connectivity index (χ2v) is 1.94. The molecule has 53 valence electrons. The number of hydrogen-bond acceptors (Lipinski definition) is 1. The van der Waals surface area contributed by atoms with Gasteiger partial charge < -0.3 is 5.11 Å². The van der Waals surface area contributed by atoms with Crippen LogP contribution in [-0.2, 0) is 0 Å². The van der Waals surface area contributed by atoms with Crippen molar-refractivity contribution in [3.05, 3.63) is 18.6 Å². The molecule has 1 nitrogen and oxygen atoms in total. The minimum atomic E-state index is 0.302. The monoisotopic (exact) mass is 127 g/mol. The maximum atomic E-state index is 8.38. The first-order valence-electron chi connectivity index (χ1n) is 3.51. The molecule has 0 fully saturated rings. The van der Waals surface area contributed by atoms with Crippen LogP contribution in [0.25, 0.3) is 0 Å². The average molecular weight is 127 g/mol. The van der Waals surface area contributed by atoms with Gasteiger partial charge in [-0.15, -0.1) is 0 Å². The summed E-state index contributed by atoms with van der Waals surface area (Å²) in [6.07, 6.45) is 9.21. The molecule has 0 spiro atoms. The van der Waals surface area contributed by atoms with E-state index in [1.54, 1.807) is 0 Å². The molecule has 0 aromatic rings. The second kappa shape index (κ2) is 7.70. The molecule has 0 heterocycles. The molecule has 0 amide bonds. The van der Waals surface area contributed by atoms with E-state index >= 15 is 0 Å². The maximum Gasteiger partial charge on any atom is 0.0433 e. The van der Waals surface area contributed by atoms with E-state index in [0.717, 1.165) is 19.3 Å². The summed E-state index contributed by atoms with van der Waals surface area (Å²) in [5, 5.41) is 8.38. The molecule has 9 heavy (non-hydrogen) atoms. The van der Waals surface area contributed by atoms with Gasteiger partial charge in [0.25, 0.3) is 0 Å². The minimum absolute atomic E-state index is 0.302. The van der Waals surface area contributed by atoms with E-state index in [2.05, 4.69) is 25.5 Å². The molecule has 0 unspecified atom stereocenters. The Bertz CT molecular complexity index is 67.0. The number of unbranched alkanes of at least 4 members (excludes halogenated alkanes) is 2. The third-order valence-electron chi connectivity index (χ3n) is 1.04. The highest BCUT2D eigenvalue weighted by atomic mass is 16.2. The summed E-state index contributed by atoms with van der Waals surface area (Å²) in [7, 11) is 0. The van der Waals surface area contributed by atoms with Crippen LogP contribution in [0.3, 0.4) is 0 Å². The number of rotatable bonds is 5. The van der Waals surface area contributed by atoms with Gasteiger partial charge in [-0.05, 0) is 25.7 Å². The lowest BCUT2D eigenvalue weighted by Crippen LogP contribution is -1.78. The largest absolute Gasteiger partial charge is 0.396 e. The summed E-state index contributed by atoms with van der Waals surface area (Å²) in [4.78, 5) is 0. The zero-order valence-electron chi connectivity index (χ0n) is 6.01. The van der Waals surface area contributed by atoms with E-state index in [1.807, 2.05) is 0 Å². The van der Waals surface area contributed by atoms with Crippen LogP contribution in [0.2, 0.25) is 0 Å². The molecule has 0 atom stereocenters. The van der Waals surface area contributed by atoms with Crippen molar-refractivity contribution < 1.29 is 5.11 Å². The molecule has 1 N–H and O–H groups in total. The van der Waals surface area contributed by atoms with Crippen LogP contribution >= 0.6 is 0 Å². The van der Waals surface area contributed by atoms with Gasteiger partial charge in [0.15, 0.2) is 0 Å².